The van der Waals surface area contributed by atoms with E-state index < -0.39 is 0 Å². The zero-order valence-electron chi connectivity index (χ0n) is 10.4. The van der Waals surface area contributed by atoms with Crippen molar-refractivity contribution in [2.75, 3.05) is 20.2 Å². The standard InChI is InChI=1S/C14H21NO/c1-10(9-15-3)11(2)13-6-4-5-12-7-8-16-14(12)13/h4-6,10-11,15H,7-9H2,1-3H3. The molecule has 88 valence electrons. The van der Waals surface area contributed by atoms with Crippen LogP contribution in [0.1, 0.15) is 30.9 Å². The molecule has 16 heavy (non-hydrogen) atoms. The first-order chi connectivity index (χ1) is 7.74. The van der Waals surface area contributed by atoms with Gasteiger partial charge in [0.05, 0.1) is 6.61 Å². The van der Waals surface area contributed by atoms with Crippen LogP contribution in [0.5, 0.6) is 5.75 Å². The average molecular weight is 219 g/mol. The molecule has 1 aliphatic rings. The van der Waals surface area contributed by atoms with Gasteiger partial charge in [0.2, 0.25) is 0 Å². The molecule has 1 aromatic rings. The molecule has 0 saturated carbocycles. The molecule has 2 rings (SSSR count). The molecule has 0 aromatic heterocycles. The van der Waals surface area contributed by atoms with Gasteiger partial charge in [-0.05, 0) is 36.6 Å². The van der Waals surface area contributed by atoms with Gasteiger partial charge in [-0.15, -0.1) is 0 Å². The Bertz CT molecular complexity index is 362. The third kappa shape index (κ3) is 2.07. The van der Waals surface area contributed by atoms with Crippen LogP contribution in [0.2, 0.25) is 0 Å². The first-order valence-electron chi connectivity index (χ1n) is 6.13. The van der Waals surface area contributed by atoms with Crippen LogP contribution in [0.25, 0.3) is 0 Å². The maximum Gasteiger partial charge on any atom is 0.126 e. The van der Waals surface area contributed by atoms with E-state index in [-0.39, 0.29) is 0 Å². The van der Waals surface area contributed by atoms with E-state index in [2.05, 4.69) is 37.4 Å². The smallest absolute Gasteiger partial charge is 0.126 e. The minimum atomic E-state index is 0.542. The second-order valence-electron chi connectivity index (χ2n) is 4.76. The quantitative estimate of drug-likeness (QED) is 0.840. The highest BCUT2D eigenvalue weighted by atomic mass is 16.5. The van der Waals surface area contributed by atoms with Crippen molar-refractivity contribution in [3.8, 4) is 5.75 Å². The molecular weight excluding hydrogens is 198 g/mol. The monoisotopic (exact) mass is 219 g/mol. The molecule has 2 nitrogen and oxygen atoms in total. The number of nitrogens with one attached hydrogen (secondary N) is 1. The van der Waals surface area contributed by atoms with E-state index in [1.54, 1.807) is 0 Å². The predicted molar refractivity (Wildman–Crippen MR) is 67.1 cm³/mol. The van der Waals surface area contributed by atoms with E-state index in [1.165, 1.54) is 11.1 Å². The number of benzene rings is 1. The Morgan fingerprint density at radius 2 is 2.19 bits per heavy atom. The van der Waals surface area contributed by atoms with Crippen molar-refractivity contribution in [3.05, 3.63) is 29.3 Å². The van der Waals surface area contributed by atoms with Crippen LogP contribution in [0.3, 0.4) is 0 Å². The van der Waals surface area contributed by atoms with Gasteiger partial charge in [0.25, 0.3) is 0 Å². The van der Waals surface area contributed by atoms with Crippen molar-refractivity contribution < 1.29 is 4.74 Å². The Labute approximate surface area is 98.0 Å². The highest BCUT2D eigenvalue weighted by molar-refractivity contribution is 5.45. The molecular formula is C14H21NO. The predicted octanol–water partition coefficient (Wildman–Crippen LogP) is 2.58. The molecule has 0 spiro atoms. The van der Waals surface area contributed by atoms with Crippen LogP contribution in [-0.4, -0.2) is 20.2 Å². The van der Waals surface area contributed by atoms with Crippen molar-refractivity contribution >= 4 is 0 Å². The fourth-order valence-electron chi connectivity index (χ4n) is 2.40. The summed E-state index contributed by atoms with van der Waals surface area (Å²) in [6.07, 6.45) is 1.07. The molecule has 1 heterocycles. The van der Waals surface area contributed by atoms with Crippen molar-refractivity contribution in [1.29, 1.82) is 0 Å². The Hall–Kier alpha value is -1.02. The summed E-state index contributed by atoms with van der Waals surface area (Å²) >= 11 is 0. The van der Waals surface area contributed by atoms with E-state index in [0.29, 0.717) is 11.8 Å². The lowest BCUT2D eigenvalue weighted by Gasteiger charge is -2.21. The summed E-state index contributed by atoms with van der Waals surface area (Å²) in [6.45, 7) is 6.47. The lowest BCUT2D eigenvalue weighted by atomic mass is 9.87. The Balaban J connectivity index is 2.23. The second kappa shape index (κ2) is 4.88. The van der Waals surface area contributed by atoms with Gasteiger partial charge in [-0.3, -0.25) is 0 Å². The van der Waals surface area contributed by atoms with Gasteiger partial charge in [0.15, 0.2) is 0 Å². The summed E-state index contributed by atoms with van der Waals surface area (Å²) in [5.74, 6) is 2.32. The minimum absolute atomic E-state index is 0.542. The lowest BCUT2D eigenvalue weighted by Crippen LogP contribution is -2.21. The normalized spacial score (nSPS) is 17.7. The number of rotatable bonds is 4. The number of fused-ring (bicyclic) bond motifs is 1. The van der Waals surface area contributed by atoms with E-state index >= 15 is 0 Å². The third-order valence-corrected chi connectivity index (χ3v) is 3.62. The minimum Gasteiger partial charge on any atom is -0.493 e. The molecule has 2 unspecified atom stereocenters. The van der Waals surface area contributed by atoms with E-state index in [0.717, 1.165) is 25.3 Å². The number of hydrogen-bond acceptors (Lipinski definition) is 2. The summed E-state index contributed by atoms with van der Waals surface area (Å²) < 4.78 is 5.76. The maximum absolute atomic E-state index is 5.76. The summed E-state index contributed by atoms with van der Waals surface area (Å²) in [5, 5.41) is 3.25. The van der Waals surface area contributed by atoms with Crippen LogP contribution < -0.4 is 10.1 Å². The molecule has 0 radical (unpaired) electrons. The van der Waals surface area contributed by atoms with E-state index in [4.69, 9.17) is 4.74 Å². The van der Waals surface area contributed by atoms with Gasteiger partial charge < -0.3 is 10.1 Å². The summed E-state index contributed by atoms with van der Waals surface area (Å²) in [6, 6.07) is 6.55. The zero-order chi connectivity index (χ0) is 11.5. The molecule has 0 bridgehead atoms. The molecule has 1 N–H and O–H groups in total. The molecule has 2 atom stereocenters. The second-order valence-corrected chi connectivity index (χ2v) is 4.76. The van der Waals surface area contributed by atoms with Gasteiger partial charge in [0.1, 0.15) is 5.75 Å². The average Bonchev–Trinajstić information content (AvgIpc) is 2.76. The SMILES string of the molecule is CNCC(C)C(C)c1cccc2c1OCC2. The van der Waals surface area contributed by atoms with Crippen LogP contribution >= 0.6 is 0 Å². The summed E-state index contributed by atoms with van der Waals surface area (Å²) in [5.41, 5.74) is 2.75. The molecule has 0 amide bonds. The van der Waals surface area contributed by atoms with Gasteiger partial charge in [-0.25, -0.2) is 0 Å². The lowest BCUT2D eigenvalue weighted by molar-refractivity contribution is 0.346. The first-order valence-corrected chi connectivity index (χ1v) is 6.13. The van der Waals surface area contributed by atoms with Crippen LogP contribution in [0, 0.1) is 5.92 Å². The van der Waals surface area contributed by atoms with Crippen molar-refractivity contribution in [2.24, 2.45) is 5.92 Å². The van der Waals surface area contributed by atoms with E-state index in [9.17, 15) is 0 Å². The molecule has 1 aromatic carbocycles. The maximum atomic E-state index is 5.76. The zero-order valence-corrected chi connectivity index (χ0v) is 10.4. The first kappa shape index (κ1) is 11.5. The van der Waals surface area contributed by atoms with Crippen LogP contribution in [-0.2, 0) is 6.42 Å². The van der Waals surface area contributed by atoms with Crippen LogP contribution in [0.15, 0.2) is 18.2 Å². The van der Waals surface area contributed by atoms with Crippen LogP contribution in [0.4, 0.5) is 0 Å². The fraction of sp³-hybridized carbons (Fsp3) is 0.571. The van der Waals surface area contributed by atoms with Crippen molar-refractivity contribution in [1.82, 2.24) is 5.32 Å². The number of ether oxygens (including phenoxy) is 1. The molecule has 1 aliphatic heterocycles. The number of para-hydroxylation sites is 1. The highest BCUT2D eigenvalue weighted by Crippen LogP contribution is 2.36. The summed E-state index contributed by atoms with van der Waals surface area (Å²) in [7, 11) is 2.01. The Morgan fingerprint density at radius 1 is 1.38 bits per heavy atom. The fourth-order valence-corrected chi connectivity index (χ4v) is 2.40. The number of hydrogen-bond donors (Lipinski definition) is 1. The topological polar surface area (TPSA) is 21.3 Å². The molecule has 0 fully saturated rings. The van der Waals surface area contributed by atoms with Crippen molar-refractivity contribution in [2.45, 2.75) is 26.2 Å². The summed E-state index contributed by atoms with van der Waals surface area (Å²) in [4.78, 5) is 0. The van der Waals surface area contributed by atoms with Gasteiger partial charge >= 0.3 is 0 Å². The van der Waals surface area contributed by atoms with Gasteiger partial charge in [-0.2, -0.15) is 0 Å². The molecule has 0 aliphatic carbocycles. The van der Waals surface area contributed by atoms with Gasteiger partial charge in [0, 0.05) is 6.42 Å². The third-order valence-electron chi connectivity index (χ3n) is 3.62. The largest absolute Gasteiger partial charge is 0.493 e. The Morgan fingerprint density at radius 3 is 2.94 bits per heavy atom. The molecule has 0 saturated heterocycles. The van der Waals surface area contributed by atoms with E-state index in [1.807, 2.05) is 7.05 Å². The van der Waals surface area contributed by atoms with Gasteiger partial charge in [-0.1, -0.05) is 32.0 Å². The van der Waals surface area contributed by atoms with Crippen molar-refractivity contribution in [3.63, 3.8) is 0 Å². The Kier molecular flexibility index (Phi) is 3.49. The highest BCUT2D eigenvalue weighted by Gasteiger charge is 2.22. The molecule has 2 heteroatoms.